The number of benzene rings is 3. The Morgan fingerprint density at radius 1 is 0.606 bits per heavy atom. The van der Waals surface area contributed by atoms with Gasteiger partial charge in [0, 0.05) is 5.56 Å². The van der Waals surface area contributed by atoms with E-state index in [-0.39, 0.29) is 17.4 Å². The van der Waals surface area contributed by atoms with Crippen molar-refractivity contribution < 1.29 is 30.7 Å². The smallest absolute Gasteiger partial charge is 0.207 e. The summed E-state index contributed by atoms with van der Waals surface area (Å²) in [5.74, 6) is -6.12. The molecule has 1 aliphatic carbocycles. The molecule has 4 rings (SSSR count). The maximum atomic E-state index is 14.9. The minimum absolute atomic E-state index is 0.0698. The van der Waals surface area contributed by atoms with E-state index in [1.165, 1.54) is 30.3 Å². The van der Waals surface area contributed by atoms with Crippen LogP contribution >= 0.6 is 0 Å². The molecule has 1 fully saturated rings. The van der Waals surface area contributed by atoms with Crippen LogP contribution in [-0.2, 0) is 0 Å². The second-order valence-electron chi connectivity index (χ2n) is 8.24. The highest BCUT2D eigenvalue weighted by atomic mass is 19.3. The summed E-state index contributed by atoms with van der Waals surface area (Å²) in [6, 6.07) is 12.1. The zero-order valence-electron chi connectivity index (χ0n) is 17.3. The summed E-state index contributed by atoms with van der Waals surface area (Å²) < 4.78 is 93.3. The van der Waals surface area contributed by atoms with Crippen LogP contribution in [0.4, 0.5) is 30.7 Å². The van der Waals surface area contributed by atoms with E-state index in [1.54, 1.807) is 12.1 Å². The van der Waals surface area contributed by atoms with Gasteiger partial charge in [-0.1, -0.05) is 36.4 Å². The van der Waals surface area contributed by atoms with Crippen molar-refractivity contribution in [1.82, 2.24) is 0 Å². The molecular weight excluding hydrogens is 445 g/mol. The van der Waals surface area contributed by atoms with Gasteiger partial charge in [-0.15, -0.1) is 0 Å². The Kier molecular flexibility index (Phi) is 6.58. The summed E-state index contributed by atoms with van der Waals surface area (Å²) in [4.78, 5) is 0. The molecule has 0 spiro atoms. The normalized spacial score (nSPS) is 18.3. The minimum atomic E-state index is -2.40. The van der Waals surface area contributed by atoms with Gasteiger partial charge in [0.15, 0.2) is 23.3 Å². The molecule has 0 heterocycles. The molecule has 0 N–H and O–H groups in total. The van der Waals surface area contributed by atoms with Crippen molar-refractivity contribution in [1.29, 1.82) is 0 Å². The Balaban J connectivity index is 1.47. The number of hydrogen-bond donors (Lipinski definition) is 0. The first-order valence-corrected chi connectivity index (χ1v) is 10.5. The van der Waals surface area contributed by atoms with Crippen molar-refractivity contribution in [3.05, 3.63) is 101 Å². The van der Waals surface area contributed by atoms with Crippen molar-refractivity contribution in [2.24, 2.45) is 0 Å². The topological polar surface area (TPSA) is 0 Å². The van der Waals surface area contributed by atoms with Crippen molar-refractivity contribution in [2.45, 2.75) is 37.5 Å². The standard InChI is InChI=1S/C26H19F7/c27-21-11-18(14-3-7-17(8-4-14)24(30)26(32)33)9-10-20(21)16-5-1-15(2-6-16)19-12-22(28)25(31)23(29)13-19/h3-4,7-13,15-16H,1-2,5-6H2. The van der Waals surface area contributed by atoms with E-state index in [4.69, 9.17) is 0 Å². The van der Waals surface area contributed by atoms with E-state index in [0.29, 0.717) is 47.9 Å². The molecule has 33 heavy (non-hydrogen) atoms. The fraction of sp³-hybridized carbons (Fsp3) is 0.231. The largest absolute Gasteiger partial charge is 0.306 e. The molecule has 0 amide bonds. The summed E-state index contributed by atoms with van der Waals surface area (Å²) in [5.41, 5.74) is 1.76. The Morgan fingerprint density at radius 3 is 1.70 bits per heavy atom. The van der Waals surface area contributed by atoms with Crippen molar-refractivity contribution in [3.8, 4) is 11.1 Å². The number of rotatable bonds is 4. The van der Waals surface area contributed by atoms with Gasteiger partial charge in [-0.3, -0.25) is 0 Å². The molecule has 7 heteroatoms. The second-order valence-corrected chi connectivity index (χ2v) is 8.24. The molecule has 1 saturated carbocycles. The third-order valence-electron chi connectivity index (χ3n) is 6.28. The first kappa shape index (κ1) is 23.1. The van der Waals surface area contributed by atoms with E-state index in [9.17, 15) is 30.7 Å². The maximum absolute atomic E-state index is 14.9. The molecule has 0 atom stereocenters. The SMILES string of the molecule is FC(F)=C(F)c1ccc(-c2ccc(C3CCC(c4cc(F)c(F)c(F)c4)CC3)c(F)c2)cc1. The molecular formula is C26H19F7. The fourth-order valence-corrected chi connectivity index (χ4v) is 4.50. The predicted octanol–water partition coefficient (Wildman–Crippen LogP) is 8.89. The molecule has 0 bridgehead atoms. The van der Waals surface area contributed by atoms with Crippen molar-refractivity contribution in [3.63, 3.8) is 0 Å². The minimum Gasteiger partial charge on any atom is -0.207 e. The van der Waals surface area contributed by atoms with Gasteiger partial charge < -0.3 is 0 Å². The highest BCUT2D eigenvalue weighted by Gasteiger charge is 2.27. The Hall–Kier alpha value is -3.09. The Labute approximate surface area is 186 Å². The highest BCUT2D eigenvalue weighted by molar-refractivity contribution is 5.68. The van der Waals surface area contributed by atoms with Gasteiger partial charge >= 0.3 is 6.08 Å². The lowest BCUT2D eigenvalue weighted by Gasteiger charge is -2.29. The van der Waals surface area contributed by atoms with Crippen LogP contribution in [0, 0.1) is 23.3 Å². The van der Waals surface area contributed by atoms with Crippen molar-refractivity contribution >= 4 is 5.83 Å². The van der Waals surface area contributed by atoms with Gasteiger partial charge in [-0.25, -0.2) is 22.0 Å². The summed E-state index contributed by atoms with van der Waals surface area (Å²) in [7, 11) is 0. The van der Waals surface area contributed by atoms with Crippen LogP contribution in [-0.4, -0.2) is 0 Å². The number of halogens is 7. The molecule has 3 aromatic rings. The molecule has 0 nitrogen and oxygen atoms in total. The van der Waals surface area contributed by atoms with E-state index in [2.05, 4.69) is 0 Å². The monoisotopic (exact) mass is 464 g/mol. The van der Waals surface area contributed by atoms with Crippen LogP contribution in [0.3, 0.4) is 0 Å². The third kappa shape index (κ3) is 4.82. The molecule has 1 aliphatic rings. The molecule has 0 radical (unpaired) electrons. The van der Waals surface area contributed by atoms with E-state index < -0.39 is 35.2 Å². The lowest BCUT2D eigenvalue weighted by atomic mass is 9.76. The first-order chi connectivity index (χ1) is 15.7. The third-order valence-corrected chi connectivity index (χ3v) is 6.28. The second kappa shape index (κ2) is 9.41. The predicted molar refractivity (Wildman–Crippen MR) is 112 cm³/mol. The van der Waals surface area contributed by atoms with Crippen LogP contribution in [0.5, 0.6) is 0 Å². The zero-order valence-corrected chi connectivity index (χ0v) is 17.3. The molecule has 0 aromatic heterocycles. The van der Waals surface area contributed by atoms with Gasteiger partial charge in [0.1, 0.15) is 5.82 Å². The maximum Gasteiger partial charge on any atom is 0.306 e. The average Bonchev–Trinajstić information content (AvgIpc) is 2.82. The van der Waals surface area contributed by atoms with Gasteiger partial charge in [0.25, 0.3) is 0 Å². The van der Waals surface area contributed by atoms with E-state index in [1.807, 2.05) is 0 Å². The van der Waals surface area contributed by atoms with E-state index >= 15 is 0 Å². The molecule has 0 aliphatic heterocycles. The van der Waals surface area contributed by atoms with Crippen LogP contribution in [0.25, 0.3) is 17.0 Å². The Morgan fingerprint density at radius 2 is 1.15 bits per heavy atom. The summed E-state index contributed by atoms with van der Waals surface area (Å²) >= 11 is 0. The summed E-state index contributed by atoms with van der Waals surface area (Å²) in [6.07, 6.45) is -0.0141. The first-order valence-electron chi connectivity index (χ1n) is 10.5. The molecule has 172 valence electrons. The lowest BCUT2D eigenvalue weighted by Crippen LogP contribution is -2.14. The molecule has 0 saturated heterocycles. The average molecular weight is 464 g/mol. The zero-order chi connectivity index (χ0) is 23.7. The summed E-state index contributed by atoms with van der Waals surface area (Å²) in [6.45, 7) is 0. The van der Waals surface area contributed by atoms with E-state index in [0.717, 1.165) is 12.1 Å². The highest BCUT2D eigenvalue weighted by Crippen LogP contribution is 2.42. The van der Waals surface area contributed by atoms with Crippen LogP contribution < -0.4 is 0 Å². The van der Waals surface area contributed by atoms with Gasteiger partial charge in [-0.05, 0) is 78.0 Å². The number of hydrogen-bond acceptors (Lipinski definition) is 0. The Bertz CT molecular complexity index is 1160. The van der Waals surface area contributed by atoms with Gasteiger partial charge in [-0.2, -0.15) is 8.78 Å². The molecule has 0 unspecified atom stereocenters. The lowest BCUT2D eigenvalue weighted by molar-refractivity contribution is 0.382. The fourth-order valence-electron chi connectivity index (χ4n) is 4.50. The molecule has 3 aromatic carbocycles. The van der Waals surface area contributed by atoms with Gasteiger partial charge in [0.05, 0.1) is 0 Å². The van der Waals surface area contributed by atoms with Crippen LogP contribution in [0.1, 0.15) is 54.2 Å². The van der Waals surface area contributed by atoms with Crippen molar-refractivity contribution in [2.75, 3.05) is 0 Å². The summed E-state index contributed by atoms with van der Waals surface area (Å²) in [5, 5.41) is 0. The van der Waals surface area contributed by atoms with Gasteiger partial charge in [0.2, 0.25) is 0 Å². The van der Waals surface area contributed by atoms with Crippen LogP contribution in [0.2, 0.25) is 0 Å². The van der Waals surface area contributed by atoms with Crippen LogP contribution in [0.15, 0.2) is 60.7 Å². The quantitative estimate of drug-likeness (QED) is 0.267.